The number of ether oxygens (including phenoxy) is 3. The van der Waals surface area contributed by atoms with Crippen molar-refractivity contribution in [2.45, 2.75) is 25.4 Å². The maximum absolute atomic E-state index is 12.9. The number of aromatic nitrogens is 2. The molecular weight excluding hydrogens is 450 g/mol. The molecule has 1 saturated heterocycles. The number of likely N-dealkylation sites (tertiary alicyclic amines) is 1. The van der Waals surface area contributed by atoms with Crippen molar-refractivity contribution in [3.63, 3.8) is 0 Å². The average molecular weight is 476 g/mol. The summed E-state index contributed by atoms with van der Waals surface area (Å²) in [5.74, 6) is 3.12. The second-order valence-corrected chi connectivity index (χ2v) is 9.65. The fourth-order valence-electron chi connectivity index (χ4n) is 4.81. The lowest BCUT2D eigenvalue weighted by atomic mass is 10.0. The van der Waals surface area contributed by atoms with E-state index in [1.165, 1.54) is 16.9 Å². The molecule has 0 radical (unpaired) electrons. The summed E-state index contributed by atoms with van der Waals surface area (Å²) < 4.78 is 17.4. The zero-order valence-electron chi connectivity index (χ0n) is 18.9. The van der Waals surface area contributed by atoms with Crippen molar-refractivity contribution >= 4 is 21.6 Å². The number of hydrogen-bond acceptors (Lipinski definition) is 7. The van der Waals surface area contributed by atoms with Crippen molar-refractivity contribution in [1.29, 1.82) is 0 Å². The number of hydrogen-bond donors (Lipinski definition) is 1. The van der Waals surface area contributed by atoms with Gasteiger partial charge in [0.05, 0.1) is 19.2 Å². The zero-order valence-corrected chi connectivity index (χ0v) is 19.7. The van der Waals surface area contributed by atoms with Crippen LogP contribution in [0.2, 0.25) is 0 Å². The van der Waals surface area contributed by atoms with Gasteiger partial charge in [-0.05, 0) is 73.0 Å². The lowest BCUT2D eigenvalue weighted by molar-refractivity contribution is 0.170. The number of nitrogens with zero attached hydrogens (tertiary/aromatic N) is 2. The molecule has 4 heterocycles. The van der Waals surface area contributed by atoms with Gasteiger partial charge in [-0.15, -0.1) is 11.3 Å². The molecule has 0 spiro atoms. The van der Waals surface area contributed by atoms with E-state index in [9.17, 15) is 4.79 Å². The molecule has 2 aliphatic heterocycles. The van der Waals surface area contributed by atoms with Gasteiger partial charge in [-0.3, -0.25) is 9.69 Å². The van der Waals surface area contributed by atoms with E-state index in [4.69, 9.17) is 19.2 Å². The van der Waals surface area contributed by atoms with Crippen LogP contribution in [0.4, 0.5) is 0 Å². The third-order valence-corrected chi connectivity index (χ3v) is 7.65. The molecule has 174 valence electrons. The second-order valence-electron chi connectivity index (χ2n) is 8.60. The third-order valence-electron chi connectivity index (χ3n) is 6.47. The van der Waals surface area contributed by atoms with Crippen LogP contribution in [0.25, 0.3) is 20.7 Å². The molecule has 2 aromatic carbocycles. The largest absolute Gasteiger partial charge is 0.497 e. The summed E-state index contributed by atoms with van der Waals surface area (Å²) >= 11 is 1.47. The number of benzene rings is 2. The maximum atomic E-state index is 12.9. The Hall–Kier alpha value is -3.36. The molecule has 1 fully saturated rings. The van der Waals surface area contributed by atoms with Gasteiger partial charge in [0.1, 0.15) is 29.5 Å². The van der Waals surface area contributed by atoms with Crippen LogP contribution in [0.15, 0.2) is 53.3 Å². The van der Waals surface area contributed by atoms with Crippen molar-refractivity contribution in [2.75, 3.05) is 26.9 Å². The molecule has 7 nitrogen and oxygen atoms in total. The van der Waals surface area contributed by atoms with Crippen LogP contribution < -0.4 is 19.8 Å². The highest BCUT2D eigenvalue weighted by molar-refractivity contribution is 7.22. The van der Waals surface area contributed by atoms with E-state index in [0.717, 1.165) is 52.6 Å². The Bertz CT molecular complexity index is 1400. The summed E-state index contributed by atoms with van der Waals surface area (Å²) in [6.45, 7) is 2.72. The van der Waals surface area contributed by atoms with Crippen LogP contribution in [0.5, 0.6) is 17.2 Å². The second kappa shape index (κ2) is 8.77. The van der Waals surface area contributed by atoms with Crippen molar-refractivity contribution in [3.8, 4) is 27.7 Å². The first kappa shape index (κ1) is 21.2. The fourth-order valence-corrected chi connectivity index (χ4v) is 5.81. The minimum Gasteiger partial charge on any atom is -0.497 e. The smallest absolute Gasteiger partial charge is 0.268 e. The first-order valence-electron chi connectivity index (χ1n) is 11.5. The molecule has 2 aromatic heterocycles. The van der Waals surface area contributed by atoms with Gasteiger partial charge in [0.2, 0.25) is 0 Å². The summed E-state index contributed by atoms with van der Waals surface area (Å²) in [5, 5.41) is 0. The minimum absolute atomic E-state index is 0.0835. The molecule has 2 aliphatic rings. The molecule has 1 N–H and O–H groups in total. The van der Waals surface area contributed by atoms with Gasteiger partial charge in [0, 0.05) is 10.9 Å². The van der Waals surface area contributed by atoms with Crippen LogP contribution in [-0.4, -0.2) is 41.7 Å². The number of aromatic amines is 1. The van der Waals surface area contributed by atoms with Crippen LogP contribution in [0.1, 0.15) is 30.3 Å². The van der Waals surface area contributed by atoms with Crippen LogP contribution in [0.3, 0.4) is 0 Å². The van der Waals surface area contributed by atoms with Gasteiger partial charge < -0.3 is 19.2 Å². The normalized spacial score (nSPS) is 17.9. The van der Waals surface area contributed by atoms with Gasteiger partial charge in [-0.1, -0.05) is 6.07 Å². The van der Waals surface area contributed by atoms with Gasteiger partial charge in [-0.2, -0.15) is 0 Å². The first-order chi connectivity index (χ1) is 16.7. The van der Waals surface area contributed by atoms with E-state index in [0.29, 0.717) is 30.3 Å². The molecule has 8 heteroatoms. The Morgan fingerprint density at radius 1 is 1.12 bits per heavy atom. The summed E-state index contributed by atoms with van der Waals surface area (Å²) in [6, 6.07) is 16.3. The van der Waals surface area contributed by atoms with Crippen LogP contribution >= 0.6 is 11.3 Å². The van der Waals surface area contributed by atoms with Gasteiger partial charge in [0.25, 0.3) is 5.56 Å². The highest BCUT2D eigenvalue weighted by Gasteiger charge is 2.28. The Morgan fingerprint density at radius 3 is 2.76 bits per heavy atom. The number of thiophene rings is 1. The van der Waals surface area contributed by atoms with Crippen molar-refractivity contribution < 1.29 is 14.2 Å². The topological polar surface area (TPSA) is 76.7 Å². The Balaban J connectivity index is 1.26. The van der Waals surface area contributed by atoms with E-state index in [1.54, 1.807) is 7.11 Å². The van der Waals surface area contributed by atoms with E-state index < -0.39 is 0 Å². The van der Waals surface area contributed by atoms with Crippen molar-refractivity contribution in [1.82, 2.24) is 14.9 Å². The third kappa shape index (κ3) is 3.93. The molecule has 1 atom stereocenters. The number of nitrogens with one attached hydrogen (secondary N) is 1. The fraction of sp³-hybridized carbons (Fsp3) is 0.308. The van der Waals surface area contributed by atoms with Gasteiger partial charge in [-0.25, -0.2) is 4.98 Å². The number of methoxy groups -OCH3 is 1. The van der Waals surface area contributed by atoms with E-state index >= 15 is 0 Å². The number of H-pyrrole nitrogens is 1. The first-order valence-corrected chi connectivity index (χ1v) is 12.3. The molecule has 34 heavy (non-hydrogen) atoms. The van der Waals surface area contributed by atoms with Gasteiger partial charge in [0.15, 0.2) is 11.5 Å². The highest BCUT2D eigenvalue weighted by atomic mass is 32.1. The summed E-state index contributed by atoms with van der Waals surface area (Å²) in [4.78, 5) is 24.1. The predicted molar refractivity (Wildman–Crippen MR) is 132 cm³/mol. The molecule has 6 rings (SSSR count). The van der Waals surface area contributed by atoms with Crippen molar-refractivity contribution in [2.24, 2.45) is 0 Å². The highest BCUT2D eigenvalue weighted by Crippen LogP contribution is 2.38. The quantitative estimate of drug-likeness (QED) is 0.448. The van der Waals surface area contributed by atoms with Gasteiger partial charge >= 0.3 is 0 Å². The molecule has 0 bridgehead atoms. The van der Waals surface area contributed by atoms with E-state index in [-0.39, 0.29) is 11.6 Å². The molecular formula is C26H25N3O4S. The number of rotatable bonds is 5. The van der Waals surface area contributed by atoms with Crippen LogP contribution in [0, 0.1) is 0 Å². The summed E-state index contributed by atoms with van der Waals surface area (Å²) in [6.07, 6.45) is 2.16. The Labute approximate surface area is 200 Å². The maximum Gasteiger partial charge on any atom is 0.268 e. The lowest BCUT2D eigenvalue weighted by Gasteiger charge is -2.26. The predicted octanol–water partition coefficient (Wildman–Crippen LogP) is 4.77. The van der Waals surface area contributed by atoms with Crippen LogP contribution in [-0.2, 0) is 6.54 Å². The molecule has 0 saturated carbocycles. The summed E-state index contributed by atoms with van der Waals surface area (Å²) in [7, 11) is 1.65. The Kier molecular flexibility index (Phi) is 5.47. The van der Waals surface area contributed by atoms with E-state index in [2.05, 4.69) is 22.0 Å². The zero-order chi connectivity index (χ0) is 23.1. The number of fused-ring (bicyclic) bond motifs is 2. The monoisotopic (exact) mass is 475 g/mol. The summed E-state index contributed by atoms with van der Waals surface area (Å²) in [5.41, 5.74) is 2.91. The van der Waals surface area contributed by atoms with E-state index in [1.807, 2.05) is 36.4 Å². The standard InChI is InChI=1S/C26H25N3O4S/c1-31-18-7-4-16(5-8-18)23-14-19-25(34-23)26(30)28-24(27-19)15-29-10-2-3-20(29)17-6-9-21-22(13-17)33-12-11-32-21/h4-9,13-14,20H,2-3,10-12,15H2,1H3,(H,27,28,30). The van der Waals surface area contributed by atoms with Crippen molar-refractivity contribution in [3.05, 3.63) is 70.3 Å². The molecule has 4 aromatic rings. The molecule has 0 amide bonds. The SMILES string of the molecule is COc1ccc(-c2cc3nc(CN4CCCC4c4ccc5c(c4)OCCO5)[nH]c(=O)c3s2)cc1. The lowest BCUT2D eigenvalue weighted by Crippen LogP contribution is -2.25. The average Bonchev–Trinajstić information content (AvgIpc) is 3.51. The Morgan fingerprint density at radius 2 is 1.94 bits per heavy atom. The molecule has 1 unspecified atom stereocenters. The molecule has 0 aliphatic carbocycles. The minimum atomic E-state index is -0.0835.